The average molecular weight is 205 g/mol. The van der Waals surface area contributed by atoms with Gasteiger partial charge in [-0.15, -0.1) is 0 Å². The van der Waals surface area contributed by atoms with Gasteiger partial charge in [-0.25, -0.2) is 0 Å². The summed E-state index contributed by atoms with van der Waals surface area (Å²) in [5.74, 6) is 0. The Balaban J connectivity index is 3.07. The summed E-state index contributed by atoms with van der Waals surface area (Å²) in [7, 11) is 0. The lowest BCUT2D eigenvalue weighted by atomic mass is 10.2. The van der Waals surface area contributed by atoms with E-state index in [2.05, 4.69) is 4.98 Å². The number of hydrogen-bond donors (Lipinski definition) is 1. The summed E-state index contributed by atoms with van der Waals surface area (Å²) in [5.41, 5.74) is -0.444. The second-order valence-electron chi connectivity index (χ2n) is 2.66. The highest BCUT2D eigenvalue weighted by Crippen LogP contribution is 2.09. The van der Waals surface area contributed by atoms with Crippen molar-refractivity contribution in [3.05, 3.63) is 44.4 Å². The number of allylic oxidation sites excluding steroid dienone is 1. The molecule has 0 amide bonds. The Hall–Kier alpha value is -2.42. The van der Waals surface area contributed by atoms with Crippen LogP contribution in [0, 0.1) is 21.4 Å². The van der Waals surface area contributed by atoms with Crippen molar-refractivity contribution in [3.8, 4) is 6.07 Å². The standard InChI is InChI=1S/C9H7N3O3/c10-4-2-1-3-7-5-8(12(14)15)6-11-9(7)13/h1,3,5-6H,2H2,(H,11,13). The molecule has 1 N–H and O–H groups in total. The molecule has 0 spiro atoms. The van der Waals surface area contributed by atoms with Gasteiger partial charge < -0.3 is 4.98 Å². The number of aromatic nitrogens is 1. The number of H-pyrrole nitrogens is 1. The fraction of sp³-hybridized carbons (Fsp3) is 0.111. The summed E-state index contributed by atoms with van der Waals surface area (Å²) >= 11 is 0. The van der Waals surface area contributed by atoms with Gasteiger partial charge in [0, 0.05) is 11.6 Å². The van der Waals surface area contributed by atoms with Crippen molar-refractivity contribution in [2.75, 3.05) is 0 Å². The molecule has 76 valence electrons. The van der Waals surface area contributed by atoms with Crippen molar-refractivity contribution >= 4 is 11.8 Å². The zero-order chi connectivity index (χ0) is 11.3. The van der Waals surface area contributed by atoms with Crippen LogP contribution < -0.4 is 5.56 Å². The van der Waals surface area contributed by atoms with Gasteiger partial charge in [-0.05, 0) is 0 Å². The Kier molecular flexibility index (Phi) is 3.35. The highest BCUT2D eigenvalue weighted by atomic mass is 16.6. The fourth-order valence-electron chi connectivity index (χ4n) is 0.957. The molecule has 0 aliphatic heterocycles. The summed E-state index contributed by atoms with van der Waals surface area (Å²) in [5, 5.41) is 18.7. The van der Waals surface area contributed by atoms with E-state index >= 15 is 0 Å². The van der Waals surface area contributed by atoms with E-state index in [1.807, 2.05) is 6.07 Å². The molecular formula is C9H7N3O3. The maximum absolute atomic E-state index is 11.2. The zero-order valence-electron chi connectivity index (χ0n) is 7.64. The van der Waals surface area contributed by atoms with Crippen molar-refractivity contribution in [2.45, 2.75) is 6.42 Å². The molecule has 6 heteroatoms. The monoisotopic (exact) mass is 205 g/mol. The number of nitriles is 1. The topological polar surface area (TPSA) is 99.8 Å². The van der Waals surface area contributed by atoms with Crippen molar-refractivity contribution in [1.29, 1.82) is 5.26 Å². The van der Waals surface area contributed by atoms with Crippen molar-refractivity contribution < 1.29 is 4.92 Å². The van der Waals surface area contributed by atoms with Crippen LogP contribution in [0.3, 0.4) is 0 Å². The van der Waals surface area contributed by atoms with Gasteiger partial charge in [0.1, 0.15) is 0 Å². The van der Waals surface area contributed by atoms with Gasteiger partial charge in [-0.1, -0.05) is 12.2 Å². The van der Waals surface area contributed by atoms with Gasteiger partial charge in [0.2, 0.25) is 0 Å². The summed E-state index contributed by atoms with van der Waals surface area (Å²) in [6.45, 7) is 0. The van der Waals surface area contributed by atoms with Crippen LogP contribution in [0.2, 0.25) is 0 Å². The zero-order valence-corrected chi connectivity index (χ0v) is 7.64. The summed E-state index contributed by atoms with van der Waals surface area (Å²) in [4.78, 5) is 23.2. The highest BCUT2D eigenvalue weighted by Gasteiger charge is 2.07. The van der Waals surface area contributed by atoms with E-state index in [1.54, 1.807) is 0 Å². The van der Waals surface area contributed by atoms with E-state index in [0.29, 0.717) is 0 Å². The molecule has 0 aliphatic carbocycles. The second-order valence-corrected chi connectivity index (χ2v) is 2.66. The Bertz CT molecular complexity index is 496. The SMILES string of the molecule is N#CCC=Cc1cc([N+](=O)[O-])c[nH]c1=O. The number of rotatable bonds is 3. The van der Waals surface area contributed by atoms with E-state index in [9.17, 15) is 14.9 Å². The van der Waals surface area contributed by atoms with Gasteiger partial charge in [0.15, 0.2) is 0 Å². The molecule has 0 radical (unpaired) electrons. The van der Waals surface area contributed by atoms with E-state index in [0.717, 1.165) is 12.3 Å². The highest BCUT2D eigenvalue weighted by molar-refractivity contribution is 5.51. The molecular weight excluding hydrogens is 198 g/mol. The van der Waals surface area contributed by atoms with Crippen molar-refractivity contribution in [2.24, 2.45) is 0 Å². The predicted octanol–water partition coefficient (Wildman–Crippen LogP) is 1.21. The van der Waals surface area contributed by atoms with Gasteiger partial charge >= 0.3 is 0 Å². The van der Waals surface area contributed by atoms with Gasteiger partial charge in [0.05, 0.1) is 23.6 Å². The van der Waals surface area contributed by atoms with E-state index in [4.69, 9.17) is 5.26 Å². The molecule has 1 aromatic rings. The maximum atomic E-state index is 11.2. The first-order chi connectivity index (χ1) is 7.15. The van der Waals surface area contributed by atoms with Crippen LogP contribution in [-0.2, 0) is 0 Å². The quantitative estimate of drug-likeness (QED) is 0.591. The van der Waals surface area contributed by atoms with Crippen molar-refractivity contribution in [3.63, 3.8) is 0 Å². The maximum Gasteiger partial charge on any atom is 0.286 e. The van der Waals surface area contributed by atoms with Crippen LogP contribution in [0.4, 0.5) is 5.69 Å². The second kappa shape index (κ2) is 4.72. The molecule has 0 aromatic carbocycles. The lowest BCUT2D eigenvalue weighted by Crippen LogP contribution is -2.09. The Morgan fingerprint density at radius 1 is 1.67 bits per heavy atom. The van der Waals surface area contributed by atoms with Gasteiger partial charge in [0.25, 0.3) is 11.2 Å². The lowest BCUT2D eigenvalue weighted by Gasteiger charge is -1.92. The van der Waals surface area contributed by atoms with Crippen LogP contribution in [0.5, 0.6) is 0 Å². The minimum Gasteiger partial charge on any atom is -0.322 e. The first-order valence-electron chi connectivity index (χ1n) is 4.05. The molecule has 0 atom stereocenters. The fourth-order valence-corrected chi connectivity index (χ4v) is 0.957. The number of aromatic amines is 1. The first kappa shape index (κ1) is 10.7. The summed E-state index contributed by atoms with van der Waals surface area (Å²) < 4.78 is 0. The van der Waals surface area contributed by atoms with E-state index in [-0.39, 0.29) is 17.7 Å². The van der Waals surface area contributed by atoms with Crippen LogP contribution in [-0.4, -0.2) is 9.91 Å². The molecule has 0 bridgehead atoms. The van der Waals surface area contributed by atoms with Crippen LogP contribution >= 0.6 is 0 Å². The van der Waals surface area contributed by atoms with E-state index < -0.39 is 10.5 Å². The lowest BCUT2D eigenvalue weighted by molar-refractivity contribution is -0.385. The summed E-state index contributed by atoms with van der Waals surface area (Å²) in [6.07, 6.45) is 4.04. The van der Waals surface area contributed by atoms with Gasteiger partial charge in [-0.2, -0.15) is 5.26 Å². The van der Waals surface area contributed by atoms with Crippen LogP contribution in [0.15, 0.2) is 23.1 Å². The minimum absolute atomic E-state index is 0.155. The molecule has 0 unspecified atom stereocenters. The molecule has 0 saturated heterocycles. The third-order valence-electron chi connectivity index (χ3n) is 1.63. The smallest absolute Gasteiger partial charge is 0.286 e. The van der Waals surface area contributed by atoms with Crippen LogP contribution in [0.1, 0.15) is 12.0 Å². The van der Waals surface area contributed by atoms with Gasteiger partial charge in [-0.3, -0.25) is 14.9 Å². The average Bonchev–Trinajstić information content (AvgIpc) is 2.20. The molecule has 6 nitrogen and oxygen atoms in total. The Morgan fingerprint density at radius 2 is 2.40 bits per heavy atom. The summed E-state index contributed by atoms with van der Waals surface area (Å²) in [6, 6.07) is 3.02. The van der Waals surface area contributed by atoms with Crippen LogP contribution in [0.25, 0.3) is 6.08 Å². The molecule has 1 heterocycles. The number of pyridine rings is 1. The molecule has 0 fully saturated rings. The Labute approximate surface area is 84.6 Å². The first-order valence-corrected chi connectivity index (χ1v) is 4.05. The number of nitrogens with one attached hydrogen (secondary N) is 1. The predicted molar refractivity (Wildman–Crippen MR) is 53.0 cm³/mol. The molecule has 0 saturated carbocycles. The molecule has 0 aliphatic rings. The molecule has 1 rings (SSSR count). The Morgan fingerprint density at radius 3 is 3.00 bits per heavy atom. The number of nitro groups is 1. The van der Waals surface area contributed by atoms with E-state index in [1.165, 1.54) is 12.2 Å². The number of nitrogens with zero attached hydrogens (tertiary/aromatic N) is 2. The minimum atomic E-state index is -0.600. The third-order valence-corrected chi connectivity index (χ3v) is 1.63. The van der Waals surface area contributed by atoms with Crippen molar-refractivity contribution in [1.82, 2.24) is 4.98 Å². The molecule has 15 heavy (non-hydrogen) atoms. The third kappa shape index (κ3) is 2.77. The normalized spacial score (nSPS) is 10.1. The largest absolute Gasteiger partial charge is 0.322 e. The number of hydrogen-bond acceptors (Lipinski definition) is 4. The molecule has 1 aromatic heterocycles.